The lowest BCUT2D eigenvalue weighted by Crippen LogP contribution is -2.24. The van der Waals surface area contributed by atoms with Crippen LogP contribution in [0.25, 0.3) is 17.0 Å². The molecule has 0 saturated carbocycles. The quantitative estimate of drug-likeness (QED) is 0.205. The maximum Gasteiger partial charge on any atom is 0.416 e. The van der Waals surface area contributed by atoms with E-state index in [0.29, 0.717) is 41.7 Å². The molecular weight excluding hydrogens is 587 g/mol. The molecule has 0 radical (unpaired) electrons. The van der Waals surface area contributed by atoms with Crippen molar-refractivity contribution in [3.05, 3.63) is 70.5 Å². The zero-order chi connectivity index (χ0) is 26.0. The third-order valence-electron chi connectivity index (χ3n) is 5.45. The molecule has 0 spiro atoms. The molecule has 0 atom stereocenters. The first-order valence-corrected chi connectivity index (χ1v) is 12.5. The van der Waals surface area contributed by atoms with Gasteiger partial charge in [-0.15, -0.1) is 0 Å². The lowest BCUT2D eigenvalue weighted by atomic mass is 10.0. The van der Waals surface area contributed by atoms with Gasteiger partial charge >= 0.3 is 12.4 Å². The fraction of sp³-hybridized carbons (Fsp3) is 0.304. The van der Waals surface area contributed by atoms with E-state index in [1.54, 1.807) is 24.3 Å². The summed E-state index contributed by atoms with van der Waals surface area (Å²) in [5.74, 6) is 0.371. The molecule has 5 nitrogen and oxygen atoms in total. The van der Waals surface area contributed by atoms with Crippen molar-refractivity contribution in [2.45, 2.75) is 25.8 Å². The highest BCUT2D eigenvalue weighted by Crippen LogP contribution is 2.37. The Kier molecular flexibility index (Phi) is 8.02. The van der Waals surface area contributed by atoms with E-state index in [0.717, 1.165) is 11.6 Å². The maximum absolute atomic E-state index is 13.5. The van der Waals surface area contributed by atoms with Crippen LogP contribution in [0.5, 0.6) is 0 Å². The van der Waals surface area contributed by atoms with Crippen LogP contribution in [0.2, 0.25) is 0 Å². The number of benzene rings is 2. The molecule has 0 aliphatic carbocycles. The highest BCUT2D eigenvalue weighted by atomic mass is 127. The van der Waals surface area contributed by atoms with Crippen LogP contribution in [-0.4, -0.2) is 38.7 Å². The van der Waals surface area contributed by atoms with Gasteiger partial charge in [0.2, 0.25) is 0 Å². The van der Waals surface area contributed by atoms with Gasteiger partial charge < -0.3 is 10.2 Å². The summed E-state index contributed by atoms with van der Waals surface area (Å²) >= 11 is 2.15. The van der Waals surface area contributed by atoms with Crippen LogP contribution in [0, 0.1) is 5.41 Å². The summed E-state index contributed by atoms with van der Waals surface area (Å²) in [5.41, 5.74) is -1.03. The number of nitrogens with zero attached hydrogens (tertiary/aromatic N) is 3. The predicted molar refractivity (Wildman–Crippen MR) is 131 cm³/mol. The van der Waals surface area contributed by atoms with Crippen molar-refractivity contribution in [3.8, 4) is 0 Å². The Bertz CT molecular complexity index is 1250. The number of nitrogens with one attached hydrogen (secondary N) is 2. The first-order chi connectivity index (χ1) is 16.5. The molecule has 2 N–H and O–H groups in total. The lowest BCUT2D eigenvalue weighted by molar-refractivity contribution is -0.143. The van der Waals surface area contributed by atoms with E-state index >= 15 is 0 Å². The molecule has 1 saturated heterocycles. The van der Waals surface area contributed by atoms with Gasteiger partial charge in [0, 0.05) is 11.9 Å². The molecule has 2 aromatic carbocycles. The molecule has 1 fully saturated rings. The van der Waals surface area contributed by atoms with E-state index < -0.39 is 23.5 Å². The molecule has 2 heterocycles. The summed E-state index contributed by atoms with van der Waals surface area (Å²) in [7, 11) is 0. The predicted octanol–water partition coefficient (Wildman–Crippen LogP) is 6.37. The Morgan fingerprint density at radius 3 is 2.37 bits per heavy atom. The Hall–Kier alpha value is -2.77. The molecule has 3 aromatic rings. The molecule has 0 bridgehead atoms. The van der Waals surface area contributed by atoms with Crippen LogP contribution in [0.4, 0.5) is 26.3 Å². The van der Waals surface area contributed by atoms with Crippen LogP contribution in [0.3, 0.4) is 0 Å². The van der Waals surface area contributed by atoms with Gasteiger partial charge in [-0.3, -0.25) is 10.1 Å². The number of hydrogen-bond donors (Lipinski definition) is 2. The van der Waals surface area contributed by atoms with Gasteiger partial charge in [-0.25, -0.2) is 0 Å². The minimum atomic E-state index is -4.94. The number of fused-ring (bicyclic) bond motifs is 1. The first kappa shape index (κ1) is 26.8. The van der Waals surface area contributed by atoms with Crippen LogP contribution < -0.4 is 5.32 Å². The van der Waals surface area contributed by atoms with E-state index in [9.17, 15) is 26.3 Å². The standard InChI is InChI=1S/C22H19F6N5.CH3I/c1-2-32-12-30-18(20(32)29)8-13-3-6-19-15(7-13)10-31-33(19)11-14-4-5-16(21(23,24)25)9-17(14)22(26,27)28;1-2/h3-10,29-30H,2,11-12H2,1H3;1H3/b18-8-,29-20?;. The van der Waals surface area contributed by atoms with Crippen LogP contribution in [0.1, 0.15) is 29.2 Å². The molecule has 0 amide bonds. The fourth-order valence-electron chi connectivity index (χ4n) is 3.71. The van der Waals surface area contributed by atoms with Crippen molar-refractivity contribution in [2.24, 2.45) is 0 Å². The molecule has 4 rings (SSSR count). The number of rotatable bonds is 4. The van der Waals surface area contributed by atoms with Crippen molar-refractivity contribution in [2.75, 3.05) is 18.1 Å². The minimum absolute atomic E-state index is 0.133. The summed E-state index contributed by atoms with van der Waals surface area (Å²) in [5, 5.41) is 16.1. The molecular formula is C23H22F6IN5. The van der Waals surface area contributed by atoms with E-state index in [1.165, 1.54) is 10.9 Å². The van der Waals surface area contributed by atoms with Crippen LogP contribution in [0.15, 0.2) is 48.3 Å². The molecule has 35 heavy (non-hydrogen) atoms. The second kappa shape index (κ2) is 10.5. The topological polar surface area (TPSA) is 56.9 Å². The van der Waals surface area contributed by atoms with Gasteiger partial charge in [-0.2, -0.15) is 31.4 Å². The van der Waals surface area contributed by atoms with Gasteiger partial charge in [0.1, 0.15) is 5.84 Å². The van der Waals surface area contributed by atoms with Crippen LogP contribution in [-0.2, 0) is 18.9 Å². The maximum atomic E-state index is 13.5. The summed E-state index contributed by atoms with van der Waals surface area (Å²) in [6.07, 6.45) is -6.53. The fourth-order valence-corrected chi connectivity index (χ4v) is 3.71. The molecule has 12 heteroatoms. The number of aromatic nitrogens is 2. The van der Waals surface area contributed by atoms with Gasteiger partial charge in [-0.05, 0) is 53.3 Å². The monoisotopic (exact) mass is 609 g/mol. The van der Waals surface area contributed by atoms with Crippen molar-refractivity contribution >= 4 is 45.4 Å². The number of likely N-dealkylation sites (N-methyl/N-ethyl adjacent to an activating group) is 1. The van der Waals surface area contributed by atoms with Crippen LogP contribution >= 0.6 is 22.6 Å². The third-order valence-corrected chi connectivity index (χ3v) is 5.45. The normalized spacial score (nSPS) is 15.4. The average molecular weight is 609 g/mol. The van der Waals surface area contributed by atoms with E-state index in [1.807, 2.05) is 16.8 Å². The molecule has 188 valence electrons. The van der Waals surface area contributed by atoms with Gasteiger partial charge in [-0.1, -0.05) is 34.7 Å². The zero-order valence-corrected chi connectivity index (χ0v) is 20.9. The number of halogens is 7. The molecule has 1 aliphatic heterocycles. The largest absolute Gasteiger partial charge is 0.416 e. The zero-order valence-electron chi connectivity index (χ0n) is 18.7. The van der Waals surface area contributed by atoms with Crippen molar-refractivity contribution in [1.82, 2.24) is 20.0 Å². The summed E-state index contributed by atoms with van der Waals surface area (Å²) < 4.78 is 80.4. The van der Waals surface area contributed by atoms with E-state index in [-0.39, 0.29) is 18.2 Å². The van der Waals surface area contributed by atoms with E-state index in [4.69, 9.17) is 5.41 Å². The van der Waals surface area contributed by atoms with Gasteiger partial charge in [0.25, 0.3) is 0 Å². The Labute approximate surface area is 211 Å². The van der Waals surface area contributed by atoms with E-state index in [2.05, 4.69) is 33.0 Å². The summed E-state index contributed by atoms with van der Waals surface area (Å²) in [6.45, 7) is 2.84. The average Bonchev–Trinajstić information content (AvgIpc) is 3.36. The van der Waals surface area contributed by atoms with Crippen molar-refractivity contribution in [3.63, 3.8) is 0 Å². The second-order valence-corrected chi connectivity index (χ2v) is 7.59. The molecule has 1 aromatic heterocycles. The highest BCUT2D eigenvalue weighted by molar-refractivity contribution is 14.1. The number of alkyl halides is 7. The Balaban J connectivity index is 0.00000167. The Morgan fingerprint density at radius 2 is 1.77 bits per heavy atom. The molecule has 0 unspecified atom stereocenters. The summed E-state index contributed by atoms with van der Waals surface area (Å²) in [6, 6.07) is 6.83. The SMILES string of the molecule is CCN1CN/C(=C\c2ccc3c(cnn3Cc3ccc(C(F)(F)F)cc3C(F)(F)F)c2)C1=N.CI. The van der Waals surface area contributed by atoms with Crippen molar-refractivity contribution < 1.29 is 26.3 Å². The first-order valence-electron chi connectivity index (χ1n) is 10.4. The minimum Gasteiger partial charge on any atom is -0.365 e. The smallest absolute Gasteiger partial charge is 0.365 e. The van der Waals surface area contributed by atoms with Crippen molar-refractivity contribution in [1.29, 1.82) is 5.41 Å². The van der Waals surface area contributed by atoms with Gasteiger partial charge in [0.05, 0.1) is 41.8 Å². The highest BCUT2D eigenvalue weighted by Gasteiger charge is 2.38. The summed E-state index contributed by atoms with van der Waals surface area (Å²) in [4.78, 5) is 3.82. The Morgan fingerprint density at radius 1 is 1.06 bits per heavy atom. The third kappa shape index (κ3) is 5.90. The molecule has 1 aliphatic rings. The lowest BCUT2D eigenvalue weighted by Gasteiger charge is -2.16. The van der Waals surface area contributed by atoms with Gasteiger partial charge in [0.15, 0.2) is 0 Å². The second-order valence-electron chi connectivity index (χ2n) is 7.59. The number of hydrogen-bond acceptors (Lipinski definition) is 3. The number of amidine groups is 1.